The molecule has 0 aromatic heterocycles. The number of β-amino-alcohol motifs (C(OH)–C–C–N with tert-alkyl or cyclic N) is 2. The number of hydrogen-bond acceptors (Lipinski definition) is 8. The molecule has 11 nitrogen and oxygen atoms in total. The summed E-state index contributed by atoms with van der Waals surface area (Å²) in [5.41, 5.74) is 0. The van der Waals surface area contributed by atoms with Crippen molar-refractivity contribution in [2.75, 3.05) is 157 Å². The number of hydrogen-bond donors (Lipinski definition) is 2. The van der Waals surface area contributed by atoms with Crippen LogP contribution in [-0.2, 0) is 9.47 Å². The van der Waals surface area contributed by atoms with Crippen LogP contribution in [0.3, 0.4) is 0 Å². The normalized spacial score (nSPS) is 28.2. The fraction of sp³-hybridized carbons (Fsp3) is 1.00. The van der Waals surface area contributed by atoms with Gasteiger partial charge in [-0.3, -0.25) is 19.6 Å². The van der Waals surface area contributed by atoms with Crippen LogP contribution in [0.2, 0.25) is 0 Å². The molecule has 0 bridgehead atoms. The summed E-state index contributed by atoms with van der Waals surface area (Å²) >= 11 is 0. The van der Waals surface area contributed by atoms with Crippen LogP contribution in [-0.4, -0.2) is 214 Å². The van der Waals surface area contributed by atoms with Gasteiger partial charge in [-0.05, 0) is 0 Å². The molecule has 13 heteroatoms. The van der Waals surface area contributed by atoms with Crippen LogP contribution in [0, 0.1) is 0 Å². The number of halogens is 2. The van der Waals surface area contributed by atoms with Crippen molar-refractivity contribution in [1.82, 2.24) is 19.6 Å². The van der Waals surface area contributed by atoms with Crippen molar-refractivity contribution in [3.63, 3.8) is 0 Å². The third-order valence-electron chi connectivity index (χ3n) is 9.74. The van der Waals surface area contributed by atoms with E-state index in [4.69, 9.17) is 9.47 Å². The van der Waals surface area contributed by atoms with Gasteiger partial charge < -0.3 is 58.9 Å². The lowest BCUT2D eigenvalue weighted by Crippen LogP contribution is -3.00. The van der Waals surface area contributed by atoms with Crippen molar-refractivity contribution in [2.24, 2.45) is 0 Å². The van der Waals surface area contributed by atoms with Crippen LogP contribution < -0.4 is 24.8 Å². The number of quaternary nitrogens is 2. The highest BCUT2D eigenvalue weighted by atomic mass is 35.5. The van der Waals surface area contributed by atoms with Gasteiger partial charge in [0.15, 0.2) is 0 Å². The van der Waals surface area contributed by atoms with Crippen molar-refractivity contribution in [1.29, 1.82) is 0 Å². The van der Waals surface area contributed by atoms with Crippen LogP contribution in [0.15, 0.2) is 0 Å². The molecule has 232 valence electrons. The summed E-state index contributed by atoms with van der Waals surface area (Å²) in [6.07, 6.45) is -0.512. The van der Waals surface area contributed by atoms with Gasteiger partial charge in [0.2, 0.25) is 0 Å². The second-order valence-corrected chi connectivity index (χ2v) is 12.2. The van der Waals surface area contributed by atoms with Gasteiger partial charge in [0.1, 0.15) is 26.2 Å². The van der Waals surface area contributed by atoms with E-state index in [0.29, 0.717) is 0 Å². The zero-order valence-corrected chi connectivity index (χ0v) is 25.3. The molecule has 5 saturated heterocycles. The number of rotatable bonds is 8. The van der Waals surface area contributed by atoms with E-state index in [0.717, 1.165) is 105 Å². The highest BCUT2D eigenvalue weighted by Crippen LogP contribution is 2.24. The maximum Gasteiger partial charge on any atom is 0.129 e. The Morgan fingerprint density at radius 1 is 0.462 bits per heavy atom. The van der Waals surface area contributed by atoms with Gasteiger partial charge in [-0.25, -0.2) is 0 Å². The number of aliphatic hydroxyl groups excluding tert-OH is 2. The second-order valence-electron chi connectivity index (χ2n) is 12.2. The monoisotopic (exact) mass is 600 g/mol. The van der Waals surface area contributed by atoms with Crippen molar-refractivity contribution >= 4 is 0 Å². The highest BCUT2D eigenvalue weighted by molar-refractivity contribution is 4.76. The molecule has 5 aliphatic rings. The first-order chi connectivity index (χ1) is 17.5. The molecule has 0 aromatic rings. The molecular formula is C26H54Cl2N6O5. The molecule has 0 amide bonds. The number of morpholine rings is 2. The molecule has 5 aliphatic heterocycles. The smallest absolute Gasteiger partial charge is 0.129 e. The second kappa shape index (κ2) is 16.7. The Kier molecular flexibility index (Phi) is 15.1. The zero-order valence-electron chi connectivity index (χ0n) is 23.8. The topological polar surface area (TPSA) is 103 Å². The van der Waals surface area contributed by atoms with E-state index in [1.165, 1.54) is 61.3 Å². The summed E-state index contributed by atoms with van der Waals surface area (Å²) in [6, 6.07) is 0. The Morgan fingerprint density at radius 2 is 0.718 bits per heavy atom. The third kappa shape index (κ3) is 10.1. The SMILES string of the molecule is O.OC(CN1CCOCC1)CN1CC[N+]2(CC1)CC[N+]1(CCN(CC(O)CN3CCOCC3)CC1)CC2.[Cl-].[Cl-]. The number of ether oxygens (including phenoxy) is 2. The van der Waals surface area contributed by atoms with Gasteiger partial charge in [-0.2, -0.15) is 0 Å². The molecule has 0 aromatic carbocycles. The van der Waals surface area contributed by atoms with Crippen LogP contribution in [0.5, 0.6) is 0 Å². The summed E-state index contributed by atoms with van der Waals surface area (Å²) in [7, 11) is 0. The Balaban J connectivity index is 0.00000178. The minimum absolute atomic E-state index is 0. The Labute approximate surface area is 247 Å². The summed E-state index contributed by atoms with van der Waals surface area (Å²) in [5.74, 6) is 0. The molecule has 2 unspecified atom stereocenters. The first-order valence-electron chi connectivity index (χ1n) is 14.6. The van der Waals surface area contributed by atoms with Crippen LogP contribution in [0.4, 0.5) is 0 Å². The van der Waals surface area contributed by atoms with Crippen molar-refractivity contribution < 1.29 is 58.9 Å². The van der Waals surface area contributed by atoms with Gasteiger partial charge in [0, 0.05) is 78.5 Å². The van der Waals surface area contributed by atoms with E-state index in [-0.39, 0.29) is 42.5 Å². The lowest BCUT2D eigenvalue weighted by Gasteiger charge is -2.54. The molecule has 2 spiro atoms. The lowest BCUT2D eigenvalue weighted by molar-refractivity contribution is -1.03. The van der Waals surface area contributed by atoms with Crippen molar-refractivity contribution in [2.45, 2.75) is 12.2 Å². The van der Waals surface area contributed by atoms with Crippen LogP contribution in [0.1, 0.15) is 0 Å². The largest absolute Gasteiger partial charge is 1.00 e. The summed E-state index contributed by atoms with van der Waals surface area (Å²) < 4.78 is 13.4. The average Bonchev–Trinajstić information content (AvgIpc) is 2.90. The predicted octanol–water partition coefficient (Wildman–Crippen LogP) is -9.17. The molecule has 0 saturated carbocycles. The molecule has 0 aliphatic carbocycles. The average molecular weight is 602 g/mol. The zero-order chi connectivity index (χ0) is 24.8. The summed E-state index contributed by atoms with van der Waals surface area (Å²) in [5, 5.41) is 21.2. The van der Waals surface area contributed by atoms with E-state index in [9.17, 15) is 10.2 Å². The van der Waals surface area contributed by atoms with E-state index in [1.807, 2.05) is 0 Å². The fourth-order valence-electron chi connectivity index (χ4n) is 7.07. The Bertz CT molecular complexity index is 605. The number of aliphatic hydroxyl groups is 2. The summed E-state index contributed by atoms with van der Waals surface area (Å²) in [4.78, 5) is 9.66. The molecule has 5 rings (SSSR count). The minimum Gasteiger partial charge on any atom is -1.00 e. The fourth-order valence-corrected chi connectivity index (χ4v) is 7.07. The van der Waals surface area contributed by atoms with Crippen LogP contribution in [0.25, 0.3) is 0 Å². The molecule has 0 radical (unpaired) electrons. The summed E-state index contributed by atoms with van der Waals surface area (Å²) in [6.45, 7) is 24.8. The first kappa shape index (κ1) is 35.3. The quantitative estimate of drug-likeness (QED) is 0.265. The molecule has 5 heterocycles. The first-order valence-corrected chi connectivity index (χ1v) is 14.6. The maximum absolute atomic E-state index is 10.6. The van der Waals surface area contributed by atoms with E-state index in [1.54, 1.807) is 0 Å². The molecule has 39 heavy (non-hydrogen) atoms. The van der Waals surface area contributed by atoms with Crippen LogP contribution >= 0.6 is 0 Å². The lowest BCUT2D eigenvalue weighted by atomic mass is 10.1. The van der Waals surface area contributed by atoms with E-state index >= 15 is 0 Å². The molecule has 5 fully saturated rings. The molecule has 2 atom stereocenters. The van der Waals surface area contributed by atoms with Gasteiger partial charge in [0.05, 0.1) is 64.8 Å². The Hall–Kier alpha value is 0.140. The maximum atomic E-state index is 10.6. The number of nitrogens with zero attached hydrogens (tertiary/aromatic N) is 6. The van der Waals surface area contributed by atoms with Gasteiger partial charge >= 0.3 is 0 Å². The van der Waals surface area contributed by atoms with Gasteiger partial charge in [0.25, 0.3) is 0 Å². The van der Waals surface area contributed by atoms with E-state index < -0.39 is 0 Å². The minimum atomic E-state index is -0.256. The van der Waals surface area contributed by atoms with Crippen molar-refractivity contribution in [3.8, 4) is 0 Å². The molecule has 4 N–H and O–H groups in total. The van der Waals surface area contributed by atoms with E-state index in [2.05, 4.69) is 19.6 Å². The Morgan fingerprint density at radius 3 is 1.00 bits per heavy atom. The van der Waals surface area contributed by atoms with Gasteiger partial charge in [-0.1, -0.05) is 0 Å². The van der Waals surface area contributed by atoms with Gasteiger partial charge in [-0.15, -0.1) is 0 Å². The third-order valence-corrected chi connectivity index (χ3v) is 9.74. The van der Waals surface area contributed by atoms with Crippen molar-refractivity contribution in [3.05, 3.63) is 0 Å². The molecular weight excluding hydrogens is 547 g/mol. The number of piperazine rings is 3. The standard InChI is InChI=1S/C26H52N6O4.2ClH.H2O/c33-25(23-29-5-17-35-18-6-29)21-27-1-9-31(10-2-27)13-15-32(16-14-31)11-3-28(4-12-32)22-26(34)24-30-7-19-36-20-8-30;;;/h25-26,33-34H,1-24H2;2*1H;1H2/q+2;;;/p-2. The highest BCUT2D eigenvalue weighted by Gasteiger charge is 2.45. The predicted molar refractivity (Wildman–Crippen MR) is 142 cm³/mol.